The van der Waals surface area contributed by atoms with Crippen molar-refractivity contribution < 1.29 is 9.84 Å². The van der Waals surface area contributed by atoms with E-state index < -0.39 is 0 Å². The smallest absolute Gasteiger partial charge is 0.203 e. The molecule has 0 unspecified atom stereocenters. The Balaban J connectivity index is 1.94. The molecule has 0 spiro atoms. The van der Waals surface area contributed by atoms with Crippen molar-refractivity contribution in [2.75, 3.05) is 7.11 Å². The van der Waals surface area contributed by atoms with Crippen molar-refractivity contribution in [2.45, 2.75) is 0 Å². The molecule has 0 saturated carbocycles. The average molecular weight is 279 g/mol. The topological polar surface area (TPSA) is 63.1 Å². The molecule has 2 aromatic heterocycles. The third-order valence-corrected chi connectivity index (χ3v) is 3.70. The minimum atomic E-state index is 0.201. The first-order chi connectivity index (χ1) is 10.3. The molecule has 0 fully saturated rings. The van der Waals surface area contributed by atoms with Crippen molar-refractivity contribution in [1.29, 1.82) is 0 Å². The fourth-order valence-corrected chi connectivity index (χ4v) is 2.58. The largest absolute Gasteiger partial charge is 0.497 e. The van der Waals surface area contributed by atoms with Crippen LogP contribution >= 0.6 is 0 Å². The van der Waals surface area contributed by atoms with E-state index >= 15 is 0 Å². The molecule has 21 heavy (non-hydrogen) atoms. The Labute approximate surface area is 120 Å². The monoisotopic (exact) mass is 279 g/mol. The number of aromatic hydroxyl groups is 1. The molecular weight excluding hydrogens is 266 g/mol. The molecule has 2 heterocycles. The van der Waals surface area contributed by atoms with Gasteiger partial charge in [-0.1, -0.05) is 0 Å². The minimum absolute atomic E-state index is 0.201. The summed E-state index contributed by atoms with van der Waals surface area (Å²) in [5.74, 6) is 0.924. The number of hydrogen-bond acceptors (Lipinski definition) is 3. The van der Waals surface area contributed by atoms with Crippen LogP contribution in [0.3, 0.4) is 0 Å². The van der Waals surface area contributed by atoms with Crippen LogP contribution in [0, 0.1) is 0 Å². The van der Waals surface area contributed by atoms with Crippen molar-refractivity contribution in [3.05, 3.63) is 48.8 Å². The van der Waals surface area contributed by atoms with Crippen LogP contribution in [-0.4, -0.2) is 27.0 Å². The second kappa shape index (κ2) is 4.28. The van der Waals surface area contributed by atoms with Gasteiger partial charge >= 0.3 is 0 Å². The first-order valence-electron chi connectivity index (χ1n) is 6.58. The lowest BCUT2D eigenvalue weighted by atomic mass is 10.2. The van der Waals surface area contributed by atoms with E-state index in [-0.39, 0.29) is 5.88 Å². The second-order valence-electron chi connectivity index (χ2n) is 4.92. The summed E-state index contributed by atoms with van der Waals surface area (Å²) in [5, 5.41) is 20.1. The van der Waals surface area contributed by atoms with E-state index in [4.69, 9.17) is 4.74 Å². The van der Waals surface area contributed by atoms with Gasteiger partial charge in [-0.05, 0) is 36.4 Å². The molecule has 5 heteroatoms. The molecule has 4 rings (SSSR count). The van der Waals surface area contributed by atoms with Gasteiger partial charge < -0.3 is 9.84 Å². The Morgan fingerprint density at radius 1 is 1.14 bits per heavy atom. The van der Waals surface area contributed by atoms with Gasteiger partial charge in [0.1, 0.15) is 5.75 Å². The van der Waals surface area contributed by atoms with Gasteiger partial charge in [0.2, 0.25) is 5.88 Å². The van der Waals surface area contributed by atoms with Crippen LogP contribution in [0.1, 0.15) is 0 Å². The van der Waals surface area contributed by atoms with E-state index in [9.17, 15) is 5.11 Å². The zero-order valence-corrected chi connectivity index (χ0v) is 11.4. The van der Waals surface area contributed by atoms with Crippen molar-refractivity contribution in [1.82, 2.24) is 14.8 Å². The number of H-pyrrole nitrogens is 1. The van der Waals surface area contributed by atoms with Crippen molar-refractivity contribution in [2.24, 2.45) is 0 Å². The molecule has 2 aromatic carbocycles. The molecule has 104 valence electrons. The minimum Gasteiger partial charge on any atom is -0.497 e. The summed E-state index contributed by atoms with van der Waals surface area (Å²) in [5.41, 5.74) is 1.85. The number of rotatable bonds is 2. The van der Waals surface area contributed by atoms with Crippen LogP contribution in [-0.2, 0) is 0 Å². The van der Waals surface area contributed by atoms with Crippen LogP contribution in [0.2, 0.25) is 0 Å². The number of benzene rings is 2. The second-order valence-corrected chi connectivity index (χ2v) is 4.92. The van der Waals surface area contributed by atoms with Gasteiger partial charge in [-0.2, -0.15) is 5.10 Å². The zero-order valence-electron chi connectivity index (χ0n) is 11.4. The van der Waals surface area contributed by atoms with Crippen molar-refractivity contribution in [3.63, 3.8) is 0 Å². The number of fused-ring (bicyclic) bond motifs is 2. The maximum atomic E-state index is 10.5. The fourth-order valence-electron chi connectivity index (χ4n) is 2.58. The van der Waals surface area contributed by atoms with Crippen LogP contribution in [0.5, 0.6) is 11.6 Å². The van der Waals surface area contributed by atoms with E-state index in [1.165, 1.54) is 0 Å². The van der Waals surface area contributed by atoms with E-state index in [1.54, 1.807) is 17.9 Å². The van der Waals surface area contributed by atoms with Gasteiger partial charge in [-0.3, -0.25) is 9.67 Å². The quantitative estimate of drug-likeness (QED) is 0.592. The Morgan fingerprint density at radius 2 is 2.05 bits per heavy atom. The van der Waals surface area contributed by atoms with Gasteiger partial charge in [0.15, 0.2) is 0 Å². The summed E-state index contributed by atoms with van der Waals surface area (Å²) in [6, 6.07) is 11.5. The number of methoxy groups -OCH3 is 1. The molecule has 4 aromatic rings. The predicted molar refractivity (Wildman–Crippen MR) is 81.1 cm³/mol. The molecule has 0 bridgehead atoms. The van der Waals surface area contributed by atoms with Crippen molar-refractivity contribution in [3.8, 4) is 17.3 Å². The number of ether oxygens (including phenoxy) is 1. The SMILES string of the molecule is COc1ccc2cn(-c3ccc4[nH]ncc4c3)c(O)c2c1. The first kappa shape index (κ1) is 11.8. The van der Waals surface area contributed by atoms with E-state index in [1.807, 2.05) is 42.6 Å². The van der Waals surface area contributed by atoms with Crippen molar-refractivity contribution >= 4 is 21.7 Å². The molecule has 0 aliphatic rings. The summed E-state index contributed by atoms with van der Waals surface area (Å²) in [6.45, 7) is 0. The molecule has 2 N–H and O–H groups in total. The van der Waals surface area contributed by atoms with Gasteiger partial charge in [0.05, 0.1) is 18.8 Å². The van der Waals surface area contributed by atoms with Gasteiger partial charge in [0, 0.05) is 28.0 Å². The highest BCUT2D eigenvalue weighted by atomic mass is 16.5. The summed E-state index contributed by atoms with van der Waals surface area (Å²) in [6.07, 6.45) is 3.67. The molecule has 0 atom stereocenters. The highest BCUT2D eigenvalue weighted by Gasteiger charge is 2.11. The highest BCUT2D eigenvalue weighted by molar-refractivity contribution is 5.90. The highest BCUT2D eigenvalue weighted by Crippen LogP contribution is 2.33. The number of nitrogens with zero attached hydrogens (tertiary/aromatic N) is 2. The van der Waals surface area contributed by atoms with E-state index in [0.717, 1.165) is 33.1 Å². The van der Waals surface area contributed by atoms with E-state index in [0.29, 0.717) is 0 Å². The average Bonchev–Trinajstić information content (AvgIpc) is 3.11. The van der Waals surface area contributed by atoms with Crippen LogP contribution in [0.25, 0.3) is 27.4 Å². The normalized spacial score (nSPS) is 11.3. The summed E-state index contributed by atoms with van der Waals surface area (Å²) >= 11 is 0. The molecule has 5 nitrogen and oxygen atoms in total. The van der Waals surface area contributed by atoms with Crippen LogP contribution in [0.4, 0.5) is 0 Å². The Hall–Kier alpha value is -2.95. The Morgan fingerprint density at radius 3 is 2.90 bits per heavy atom. The molecule has 0 amide bonds. The lowest BCUT2D eigenvalue weighted by Gasteiger charge is -2.04. The number of nitrogens with one attached hydrogen (secondary N) is 1. The first-order valence-corrected chi connectivity index (χ1v) is 6.58. The van der Waals surface area contributed by atoms with Crippen LogP contribution in [0.15, 0.2) is 48.8 Å². The Kier molecular flexibility index (Phi) is 2.41. The van der Waals surface area contributed by atoms with Gasteiger partial charge in [0.25, 0.3) is 0 Å². The summed E-state index contributed by atoms with van der Waals surface area (Å²) in [7, 11) is 1.61. The Bertz CT molecular complexity index is 953. The molecule has 0 saturated heterocycles. The zero-order chi connectivity index (χ0) is 14.4. The number of aromatic nitrogens is 3. The van der Waals surface area contributed by atoms with Crippen LogP contribution < -0.4 is 4.74 Å². The summed E-state index contributed by atoms with van der Waals surface area (Å²) in [4.78, 5) is 0. The molecule has 0 radical (unpaired) electrons. The summed E-state index contributed by atoms with van der Waals surface area (Å²) < 4.78 is 6.97. The molecular formula is C16H13N3O2. The lowest BCUT2D eigenvalue weighted by molar-refractivity contribution is 0.414. The molecule has 0 aliphatic heterocycles. The maximum Gasteiger partial charge on any atom is 0.203 e. The maximum absolute atomic E-state index is 10.5. The number of aromatic amines is 1. The fraction of sp³-hybridized carbons (Fsp3) is 0.0625. The third-order valence-electron chi connectivity index (χ3n) is 3.70. The third kappa shape index (κ3) is 1.74. The lowest BCUT2D eigenvalue weighted by Crippen LogP contribution is -1.90. The number of hydrogen-bond donors (Lipinski definition) is 2. The van der Waals surface area contributed by atoms with E-state index in [2.05, 4.69) is 10.2 Å². The predicted octanol–water partition coefficient (Wildman–Crippen LogP) is 3.22. The molecule has 0 aliphatic carbocycles. The standard InChI is InChI=1S/C16H13N3O2/c1-21-13-4-2-10-9-19(16(20)14(10)7-13)12-3-5-15-11(6-12)8-17-18-15/h2-9,20H,1H3,(H,17,18). The van der Waals surface area contributed by atoms with Gasteiger partial charge in [-0.25, -0.2) is 0 Å². The van der Waals surface area contributed by atoms with Gasteiger partial charge in [-0.15, -0.1) is 0 Å².